The van der Waals surface area contributed by atoms with Gasteiger partial charge < -0.3 is 9.47 Å². The fourth-order valence-corrected chi connectivity index (χ4v) is 3.61. The first-order valence-electron chi connectivity index (χ1n) is 8.58. The third kappa shape index (κ3) is 3.50. The van der Waals surface area contributed by atoms with Gasteiger partial charge in [-0.25, -0.2) is 4.79 Å². The van der Waals surface area contributed by atoms with Crippen LogP contribution in [0.15, 0.2) is 28.6 Å². The van der Waals surface area contributed by atoms with Crippen LogP contribution in [0.5, 0.6) is 5.75 Å². The van der Waals surface area contributed by atoms with Gasteiger partial charge in [0, 0.05) is 11.8 Å². The van der Waals surface area contributed by atoms with Crippen molar-refractivity contribution < 1.29 is 14.3 Å². The number of carbonyl (C=O) groups is 1. The van der Waals surface area contributed by atoms with Crippen molar-refractivity contribution in [3.8, 4) is 5.75 Å². The molecule has 0 unspecified atom stereocenters. The van der Waals surface area contributed by atoms with Gasteiger partial charge in [-0.3, -0.25) is 14.5 Å². The molecule has 3 aromatic heterocycles. The predicted molar refractivity (Wildman–Crippen MR) is 100 cm³/mol. The van der Waals surface area contributed by atoms with Crippen LogP contribution in [0.4, 0.5) is 0 Å². The molecule has 26 heavy (non-hydrogen) atoms. The summed E-state index contributed by atoms with van der Waals surface area (Å²) in [4.78, 5) is 25.7. The normalized spacial score (nSPS) is 11.0. The lowest BCUT2D eigenvalue weighted by Gasteiger charge is -2.15. The minimum atomic E-state index is -0.529. The number of unbranched alkanes of at least 4 members (excludes halogenated alkanes) is 1. The number of aromatic nitrogens is 3. The SMILES string of the molecule is CCCCOc1c(C(=O)OCC)c2sccc2n(Cc2cn[nH]c2)c1=O. The lowest BCUT2D eigenvalue weighted by molar-refractivity contribution is 0.0524. The van der Waals surface area contributed by atoms with Gasteiger partial charge in [0.1, 0.15) is 5.56 Å². The monoisotopic (exact) mass is 375 g/mol. The summed E-state index contributed by atoms with van der Waals surface area (Å²) in [5.41, 5.74) is 1.44. The van der Waals surface area contributed by atoms with Crippen molar-refractivity contribution in [2.45, 2.75) is 33.2 Å². The van der Waals surface area contributed by atoms with Crippen molar-refractivity contribution in [1.29, 1.82) is 0 Å². The number of ether oxygens (including phenoxy) is 2. The van der Waals surface area contributed by atoms with Crippen molar-refractivity contribution in [3.63, 3.8) is 0 Å². The van der Waals surface area contributed by atoms with Crippen LogP contribution >= 0.6 is 11.3 Å². The van der Waals surface area contributed by atoms with E-state index in [1.165, 1.54) is 11.3 Å². The van der Waals surface area contributed by atoms with Crippen LogP contribution in [-0.2, 0) is 11.3 Å². The topological polar surface area (TPSA) is 86.2 Å². The summed E-state index contributed by atoms with van der Waals surface area (Å²) in [5.74, 6) is -0.464. The Labute approximate surface area is 154 Å². The molecule has 138 valence electrons. The Kier molecular flexibility index (Phi) is 5.72. The van der Waals surface area contributed by atoms with E-state index < -0.39 is 5.97 Å². The molecule has 3 rings (SSSR count). The second kappa shape index (κ2) is 8.18. The number of nitrogens with zero attached hydrogens (tertiary/aromatic N) is 2. The van der Waals surface area contributed by atoms with Gasteiger partial charge in [0.05, 0.1) is 36.2 Å². The molecule has 0 bridgehead atoms. The molecule has 0 spiro atoms. The first-order valence-corrected chi connectivity index (χ1v) is 9.46. The zero-order valence-electron chi connectivity index (χ0n) is 14.8. The van der Waals surface area contributed by atoms with Gasteiger partial charge in [-0.1, -0.05) is 13.3 Å². The molecule has 0 radical (unpaired) electrons. The number of hydrogen-bond acceptors (Lipinski definition) is 6. The molecule has 0 amide bonds. The van der Waals surface area contributed by atoms with Crippen LogP contribution in [0.3, 0.4) is 0 Å². The Hall–Kier alpha value is -2.61. The molecule has 7 nitrogen and oxygen atoms in total. The van der Waals surface area contributed by atoms with E-state index >= 15 is 0 Å². The maximum absolute atomic E-state index is 13.1. The van der Waals surface area contributed by atoms with Crippen LogP contribution in [0.25, 0.3) is 10.2 Å². The number of pyridine rings is 1. The number of fused-ring (bicyclic) bond motifs is 1. The molecule has 0 aromatic carbocycles. The number of hydrogen-bond donors (Lipinski definition) is 1. The van der Waals surface area contributed by atoms with E-state index in [0.29, 0.717) is 23.4 Å². The molecule has 0 atom stereocenters. The average Bonchev–Trinajstić information content (AvgIpc) is 3.30. The Morgan fingerprint density at radius 2 is 2.23 bits per heavy atom. The van der Waals surface area contributed by atoms with Crippen molar-refractivity contribution in [3.05, 3.63) is 45.3 Å². The van der Waals surface area contributed by atoms with Crippen molar-refractivity contribution in [2.24, 2.45) is 0 Å². The average molecular weight is 375 g/mol. The van der Waals surface area contributed by atoms with Gasteiger partial charge in [-0.15, -0.1) is 11.3 Å². The van der Waals surface area contributed by atoms with Crippen LogP contribution in [0.2, 0.25) is 0 Å². The van der Waals surface area contributed by atoms with E-state index in [-0.39, 0.29) is 23.5 Å². The van der Waals surface area contributed by atoms with E-state index in [1.807, 2.05) is 18.4 Å². The van der Waals surface area contributed by atoms with Crippen LogP contribution in [0, 0.1) is 0 Å². The van der Waals surface area contributed by atoms with Gasteiger partial charge >= 0.3 is 5.97 Å². The molecule has 3 heterocycles. The lowest BCUT2D eigenvalue weighted by atomic mass is 10.2. The van der Waals surface area contributed by atoms with Gasteiger partial charge in [-0.05, 0) is 24.8 Å². The minimum Gasteiger partial charge on any atom is -0.487 e. The van der Waals surface area contributed by atoms with E-state index in [4.69, 9.17) is 9.47 Å². The number of rotatable bonds is 8. The molecule has 0 aliphatic carbocycles. The van der Waals surface area contributed by atoms with Crippen molar-refractivity contribution in [2.75, 3.05) is 13.2 Å². The number of esters is 1. The van der Waals surface area contributed by atoms with Gasteiger partial charge in [0.25, 0.3) is 5.56 Å². The van der Waals surface area contributed by atoms with E-state index in [2.05, 4.69) is 10.2 Å². The van der Waals surface area contributed by atoms with E-state index in [0.717, 1.165) is 18.4 Å². The van der Waals surface area contributed by atoms with Crippen LogP contribution in [0.1, 0.15) is 42.6 Å². The summed E-state index contributed by atoms with van der Waals surface area (Å²) in [5, 5.41) is 8.53. The molecule has 0 aliphatic rings. The Morgan fingerprint density at radius 1 is 1.38 bits per heavy atom. The summed E-state index contributed by atoms with van der Waals surface area (Å²) in [7, 11) is 0. The highest BCUT2D eigenvalue weighted by atomic mass is 32.1. The Bertz CT molecular complexity index is 943. The lowest BCUT2D eigenvalue weighted by Crippen LogP contribution is -2.26. The summed E-state index contributed by atoms with van der Waals surface area (Å²) in [6, 6.07) is 1.83. The largest absolute Gasteiger partial charge is 0.487 e. The van der Waals surface area contributed by atoms with Crippen LogP contribution in [-0.4, -0.2) is 33.9 Å². The third-order valence-corrected chi connectivity index (χ3v) is 4.87. The maximum Gasteiger partial charge on any atom is 0.343 e. The first kappa shape index (κ1) is 18.2. The van der Waals surface area contributed by atoms with Crippen molar-refractivity contribution >= 4 is 27.5 Å². The quantitative estimate of drug-likeness (QED) is 0.483. The number of carbonyl (C=O) groups excluding carboxylic acids is 1. The minimum absolute atomic E-state index is 0.0651. The maximum atomic E-state index is 13.1. The fourth-order valence-electron chi connectivity index (χ4n) is 2.69. The second-order valence-electron chi connectivity index (χ2n) is 5.76. The van der Waals surface area contributed by atoms with Crippen LogP contribution < -0.4 is 10.3 Å². The Balaban J connectivity index is 2.17. The highest BCUT2D eigenvalue weighted by molar-refractivity contribution is 7.17. The Morgan fingerprint density at radius 3 is 2.92 bits per heavy atom. The molecule has 1 N–H and O–H groups in total. The number of H-pyrrole nitrogens is 1. The van der Waals surface area contributed by atoms with Crippen molar-refractivity contribution in [1.82, 2.24) is 14.8 Å². The summed E-state index contributed by atoms with van der Waals surface area (Å²) < 4.78 is 13.2. The smallest absolute Gasteiger partial charge is 0.343 e. The fraction of sp³-hybridized carbons (Fsp3) is 0.389. The standard InChI is InChI=1S/C18H21N3O4S/c1-3-5-7-25-15-14(18(23)24-4-2)16-13(6-8-26-16)21(17(15)22)11-12-9-19-20-10-12/h6,8-10H,3-5,7,11H2,1-2H3,(H,19,20). The highest BCUT2D eigenvalue weighted by Crippen LogP contribution is 2.30. The molecular weight excluding hydrogens is 354 g/mol. The molecule has 3 aromatic rings. The number of nitrogens with one attached hydrogen (secondary N) is 1. The molecule has 0 fully saturated rings. The van der Waals surface area contributed by atoms with Gasteiger partial charge in [-0.2, -0.15) is 5.10 Å². The number of aromatic amines is 1. The molecular formula is C18H21N3O4S. The third-order valence-electron chi connectivity index (χ3n) is 3.95. The first-order chi connectivity index (χ1) is 12.7. The molecule has 8 heteroatoms. The molecule has 0 aliphatic heterocycles. The predicted octanol–water partition coefficient (Wildman–Crippen LogP) is 3.19. The summed E-state index contributed by atoms with van der Waals surface area (Å²) in [6.45, 7) is 4.73. The highest BCUT2D eigenvalue weighted by Gasteiger charge is 2.25. The molecule has 0 saturated carbocycles. The summed E-state index contributed by atoms with van der Waals surface area (Å²) in [6.07, 6.45) is 5.13. The summed E-state index contributed by atoms with van der Waals surface area (Å²) >= 11 is 1.39. The van der Waals surface area contributed by atoms with Gasteiger partial charge in [0.2, 0.25) is 5.75 Å². The molecule has 0 saturated heterocycles. The second-order valence-corrected chi connectivity index (χ2v) is 6.68. The zero-order valence-corrected chi connectivity index (χ0v) is 15.6. The van der Waals surface area contributed by atoms with E-state index in [9.17, 15) is 9.59 Å². The van der Waals surface area contributed by atoms with Gasteiger partial charge in [0.15, 0.2) is 0 Å². The zero-order chi connectivity index (χ0) is 18.5. The van der Waals surface area contributed by atoms with E-state index in [1.54, 1.807) is 23.9 Å². The number of thiophene rings is 1.